The van der Waals surface area contributed by atoms with Crippen molar-refractivity contribution >= 4 is 27.3 Å². The SMILES string of the molecule is CC1Cc2ccccc2N1C(=O)c1cccc(S(=O)(=O)N(C)c2ccc(F)cc2)c1. The molecular weight excluding hydrogens is 403 g/mol. The van der Waals surface area contributed by atoms with Crippen LogP contribution in [0.3, 0.4) is 0 Å². The lowest BCUT2D eigenvalue weighted by molar-refractivity contribution is 0.0981. The highest BCUT2D eigenvalue weighted by molar-refractivity contribution is 7.92. The lowest BCUT2D eigenvalue weighted by Gasteiger charge is -2.24. The van der Waals surface area contributed by atoms with Crippen LogP contribution in [0.2, 0.25) is 0 Å². The van der Waals surface area contributed by atoms with E-state index in [-0.39, 0.29) is 16.8 Å². The first-order valence-corrected chi connectivity index (χ1v) is 11.0. The molecule has 0 radical (unpaired) electrons. The number of fused-ring (bicyclic) bond motifs is 1. The summed E-state index contributed by atoms with van der Waals surface area (Å²) >= 11 is 0. The number of sulfonamides is 1. The quantitative estimate of drug-likeness (QED) is 0.629. The van der Waals surface area contributed by atoms with Gasteiger partial charge in [-0.2, -0.15) is 0 Å². The summed E-state index contributed by atoms with van der Waals surface area (Å²) in [6, 6.07) is 18.9. The fraction of sp³-hybridized carbons (Fsp3) is 0.174. The smallest absolute Gasteiger partial charge is 0.264 e. The fourth-order valence-corrected chi connectivity index (χ4v) is 4.99. The number of anilines is 2. The van der Waals surface area contributed by atoms with Crippen molar-refractivity contribution in [3.8, 4) is 0 Å². The van der Waals surface area contributed by atoms with Gasteiger partial charge in [-0.3, -0.25) is 9.10 Å². The van der Waals surface area contributed by atoms with Gasteiger partial charge >= 0.3 is 0 Å². The zero-order valence-electron chi connectivity index (χ0n) is 16.6. The van der Waals surface area contributed by atoms with Crippen LogP contribution in [0.1, 0.15) is 22.8 Å². The van der Waals surface area contributed by atoms with Crippen molar-refractivity contribution in [3.05, 3.63) is 89.7 Å². The number of hydrogen-bond donors (Lipinski definition) is 0. The number of benzene rings is 3. The second-order valence-electron chi connectivity index (χ2n) is 7.33. The Morgan fingerprint density at radius 2 is 1.73 bits per heavy atom. The van der Waals surface area contributed by atoms with E-state index in [1.165, 1.54) is 43.4 Å². The standard InChI is InChI=1S/C23H21FN2O3S/c1-16-14-17-6-3-4-9-22(17)26(16)23(27)18-7-5-8-21(15-18)30(28,29)25(2)20-12-10-19(24)11-13-20/h3-13,15-16H,14H2,1-2H3. The summed E-state index contributed by atoms with van der Waals surface area (Å²) in [4.78, 5) is 15.0. The van der Waals surface area contributed by atoms with Gasteiger partial charge in [0.2, 0.25) is 0 Å². The molecule has 4 rings (SSSR count). The molecule has 0 N–H and O–H groups in total. The van der Waals surface area contributed by atoms with E-state index in [0.29, 0.717) is 11.3 Å². The Labute approximate surface area is 175 Å². The van der Waals surface area contributed by atoms with Gasteiger partial charge in [0.05, 0.1) is 10.6 Å². The van der Waals surface area contributed by atoms with Crippen LogP contribution in [0, 0.1) is 5.82 Å². The van der Waals surface area contributed by atoms with Crippen LogP contribution >= 0.6 is 0 Å². The van der Waals surface area contributed by atoms with E-state index in [9.17, 15) is 17.6 Å². The van der Waals surface area contributed by atoms with E-state index in [0.717, 1.165) is 22.0 Å². The number of halogens is 1. The topological polar surface area (TPSA) is 57.7 Å². The van der Waals surface area contributed by atoms with Crippen molar-refractivity contribution in [2.45, 2.75) is 24.3 Å². The van der Waals surface area contributed by atoms with Crippen LogP contribution in [0.4, 0.5) is 15.8 Å². The molecule has 1 aliphatic heterocycles. The summed E-state index contributed by atoms with van der Waals surface area (Å²) in [7, 11) is -2.52. The predicted molar refractivity (Wildman–Crippen MR) is 115 cm³/mol. The maximum atomic E-state index is 13.3. The van der Waals surface area contributed by atoms with Gasteiger partial charge in [0.1, 0.15) is 5.82 Å². The van der Waals surface area contributed by atoms with Crippen molar-refractivity contribution < 1.29 is 17.6 Å². The zero-order valence-corrected chi connectivity index (χ0v) is 17.4. The number of para-hydroxylation sites is 1. The molecule has 1 amide bonds. The second-order valence-corrected chi connectivity index (χ2v) is 9.30. The Hall–Kier alpha value is -3.19. The molecule has 0 aliphatic carbocycles. The van der Waals surface area contributed by atoms with Crippen LogP contribution in [0.15, 0.2) is 77.7 Å². The van der Waals surface area contributed by atoms with Gasteiger partial charge in [-0.05, 0) is 67.4 Å². The summed E-state index contributed by atoms with van der Waals surface area (Å²) < 4.78 is 40.4. The zero-order chi connectivity index (χ0) is 21.5. The molecule has 0 saturated heterocycles. The number of rotatable bonds is 4. The number of hydrogen-bond acceptors (Lipinski definition) is 3. The molecule has 5 nitrogen and oxygen atoms in total. The third kappa shape index (κ3) is 3.45. The predicted octanol–water partition coefficient (Wildman–Crippen LogP) is 4.24. The molecule has 0 spiro atoms. The Bertz CT molecular complexity index is 1210. The third-order valence-electron chi connectivity index (χ3n) is 5.36. The molecule has 0 fully saturated rings. The van der Waals surface area contributed by atoms with Crippen LogP contribution in [0.5, 0.6) is 0 Å². The Kier molecular flexibility index (Phi) is 5.07. The molecule has 30 heavy (non-hydrogen) atoms. The minimum atomic E-state index is -3.92. The molecule has 7 heteroatoms. The van der Waals surface area contributed by atoms with E-state index in [1.54, 1.807) is 17.0 Å². The van der Waals surface area contributed by atoms with E-state index < -0.39 is 15.8 Å². The molecule has 0 bridgehead atoms. The van der Waals surface area contributed by atoms with E-state index in [4.69, 9.17) is 0 Å². The molecule has 0 aromatic heterocycles. The van der Waals surface area contributed by atoms with Gasteiger partial charge in [-0.1, -0.05) is 24.3 Å². The molecule has 1 unspecified atom stereocenters. The van der Waals surface area contributed by atoms with Crippen LogP contribution in [-0.4, -0.2) is 27.4 Å². The molecule has 3 aromatic carbocycles. The van der Waals surface area contributed by atoms with Crippen molar-refractivity contribution in [2.24, 2.45) is 0 Å². The number of carbonyl (C=O) groups is 1. The first-order valence-electron chi connectivity index (χ1n) is 9.55. The van der Waals surface area contributed by atoms with Gasteiger partial charge in [0, 0.05) is 24.3 Å². The molecular formula is C23H21FN2O3S. The molecule has 154 valence electrons. The monoisotopic (exact) mass is 424 g/mol. The van der Waals surface area contributed by atoms with Crippen molar-refractivity contribution in [1.29, 1.82) is 0 Å². The molecule has 1 atom stereocenters. The van der Waals surface area contributed by atoms with Crippen LogP contribution in [0.25, 0.3) is 0 Å². The van der Waals surface area contributed by atoms with Gasteiger partial charge in [-0.25, -0.2) is 12.8 Å². The average Bonchev–Trinajstić information content (AvgIpc) is 3.09. The summed E-state index contributed by atoms with van der Waals surface area (Å²) in [6.07, 6.45) is 0.757. The summed E-state index contributed by atoms with van der Waals surface area (Å²) in [6.45, 7) is 1.97. The maximum Gasteiger partial charge on any atom is 0.264 e. The molecule has 0 saturated carbocycles. The number of carbonyl (C=O) groups excluding carboxylic acids is 1. The minimum Gasteiger partial charge on any atom is -0.305 e. The molecule has 3 aromatic rings. The first-order chi connectivity index (χ1) is 14.3. The summed E-state index contributed by atoms with van der Waals surface area (Å²) in [5.41, 5.74) is 2.58. The Morgan fingerprint density at radius 3 is 2.47 bits per heavy atom. The van der Waals surface area contributed by atoms with E-state index in [1.807, 2.05) is 31.2 Å². The number of amides is 1. The van der Waals surface area contributed by atoms with Gasteiger partial charge < -0.3 is 4.90 Å². The van der Waals surface area contributed by atoms with Gasteiger partial charge in [0.25, 0.3) is 15.9 Å². The highest BCUT2D eigenvalue weighted by Gasteiger charge is 2.32. The van der Waals surface area contributed by atoms with Crippen molar-refractivity contribution in [1.82, 2.24) is 0 Å². The molecule has 1 aliphatic rings. The maximum absolute atomic E-state index is 13.3. The second kappa shape index (κ2) is 7.57. The van der Waals surface area contributed by atoms with Crippen molar-refractivity contribution in [3.63, 3.8) is 0 Å². The van der Waals surface area contributed by atoms with E-state index in [2.05, 4.69) is 0 Å². The lowest BCUT2D eigenvalue weighted by atomic mass is 10.1. The van der Waals surface area contributed by atoms with E-state index >= 15 is 0 Å². The normalized spacial score (nSPS) is 15.7. The third-order valence-corrected chi connectivity index (χ3v) is 7.14. The summed E-state index contributed by atoms with van der Waals surface area (Å²) in [5, 5.41) is 0. The van der Waals surface area contributed by atoms with Gasteiger partial charge in [0.15, 0.2) is 0 Å². The van der Waals surface area contributed by atoms with Crippen LogP contribution in [-0.2, 0) is 16.4 Å². The largest absolute Gasteiger partial charge is 0.305 e. The number of nitrogens with zero attached hydrogens (tertiary/aromatic N) is 2. The highest BCUT2D eigenvalue weighted by Crippen LogP contribution is 2.33. The highest BCUT2D eigenvalue weighted by atomic mass is 32.2. The van der Waals surface area contributed by atoms with Gasteiger partial charge in [-0.15, -0.1) is 0 Å². The lowest BCUT2D eigenvalue weighted by Crippen LogP contribution is -2.36. The Morgan fingerprint density at radius 1 is 1.03 bits per heavy atom. The minimum absolute atomic E-state index is 0.000287. The average molecular weight is 424 g/mol. The molecule has 1 heterocycles. The first kappa shape index (κ1) is 20.1. The Balaban J connectivity index is 1.67. The summed E-state index contributed by atoms with van der Waals surface area (Å²) in [5.74, 6) is -0.689. The van der Waals surface area contributed by atoms with Crippen LogP contribution < -0.4 is 9.21 Å². The fourth-order valence-electron chi connectivity index (χ4n) is 3.75. The van der Waals surface area contributed by atoms with Crippen molar-refractivity contribution in [2.75, 3.05) is 16.3 Å².